The average Bonchev–Trinajstić information content (AvgIpc) is 2.87. The van der Waals surface area contributed by atoms with E-state index < -0.39 is 0 Å². The highest BCUT2D eigenvalue weighted by Gasteiger charge is 2.25. The molecule has 0 aromatic heterocycles. The highest BCUT2D eigenvalue weighted by molar-refractivity contribution is 6.42. The Morgan fingerprint density at radius 1 is 1.39 bits per heavy atom. The van der Waals surface area contributed by atoms with E-state index in [1.165, 1.54) is 6.42 Å². The molecule has 1 aromatic carbocycles. The lowest BCUT2D eigenvalue weighted by Crippen LogP contribution is -2.28. The number of hydrogen-bond donors (Lipinski definition) is 1. The van der Waals surface area contributed by atoms with Crippen molar-refractivity contribution in [2.45, 2.75) is 32.3 Å². The Labute approximate surface area is 119 Å². The molecular formula is C14H19Cl2NO. The summed E-state index contributed by atoms with van der Waals surface area (Å²) in [5, 5.41) is 4.51. The van der Waals surface area contributed by atoms with Gasteiger partial charge in [0.1, 0.15) is 11.9 Å². The Morgan fingerprint density at radius 3 is 2.83 bits per heavy atom. The normalized spacial score (nSPS) is 20.9. The third-order valence-electron chi connectivity index (χ3n) is 3.38. The summed E-state index contributed by atoms with van der Waals surface area (Å²) in [5.74, 6) is 1.41. The minimum atomic E-state index is 0.266. The average molecular weight is 288 g/mol. The first-order chi connectivity index (χ1) is 8.70. The summed E-state index contributed by atoms with van der Waals surface area (Å²) in [7, 11) is 0. The van der Waals surface area contributed by atoms with Crippen LogP contribution in [-0.2, 0) is 0 Å². The van der Waals surface area contributed by atoms with Crippen molar-refractivity contribution in [3.05, 3.63) is 28.2 Å². The fraction of sp³-hybridized carbons (Fsp3) is 0.571. The van der Waals surface area contributed by atoms with Gasteiger partial charge in [-0.25, -0.2) is 0 Å². The quantitative estimate of drug-likeness (QED) is 0.878. The van der Waals surface area contributed by atoms with Crippen LogP contribution in [0.3, 0.4) is 0 Å². The molecule has 0 aliphatic carbocycles. The Bertz CT molecular complexity index is 391. The van der Waals surface area contributed by atoms with Gasteiger partial charge in [0.2, 0.25) is 0 Å². The van der Waals surface area contributed by atoms with Crippen LogP contribution in [-0.4, -0.2) is 19.2 Å². The molecule has 0 spiro atoms. The van der Waals surface area contributed by atoms with Crippen molar-refractivity contribution in [1.29, 1.82) is 0 Å². The molecule has 18 heavy (non-hydrogen) atoms. The summed E-state index contributed by atoms with van der Waals surface area (Å²) >= 11 is 11.9. The smallest absolute Gasteiger partial charge is 0.121 e. The first kappa shape index (κ1) is 14.0. The molecule has 1 aliphatic heterocycles. The fourth-order valence-corrected chi connectivity index (χ4v) is 2.68. The molecule has 1 fully saturated rings. The van der Waals surface area contributed by atoms with E-state index in [0.717, 1.165) is 31.7 Å². The van der Waals surface area contributed by atoms with Crippen molar-refractivity contribution in [1.82, 2.24) is 5.32 Å². The zero-order valence-electron chi connectivity index (χ0n) is 10.6. The predicted molar refractivity (Wildman–Crippen MR) is 76.8 cm³/mol. The molecule has 2 rings (SSSR count). The summed E-state index contributed by atoms with van der Waals surface area (Å²) in [4.78, 5) is 0. The molecule has 1 saturated heterocycles. The Morgan fingerprint density at radius 2 is 2.22 bits per heavy atom. The summed E-state index contributed by atoms with van der Waals surface area (Å²) < 4.78 is 6.09. The summed E-state index contributed by atoms with van der Waals surface area (Å²) in [6.45, 7) is 4.33. The van der Waals surface area contributed by atoms with E-state index in [9.17, 15) is 0 Å². The minimum absolute atomic E-state index is 0.266. The van der Waals surface area contributed by atoms with E-state index in [2.05, 4.69) is 12.2 Å². The van der Waals surface area contributed by atoms with E-state index in [0.29, 0.717) is 16.0 Å². The van der Waals surface area contributed by atoms with Gasteiger partial charge in [-0.05, 0) is 31.5 Å². The molecule has 0 saturated carbocycles. The Hall–Kier alpha value is -0.440. The lowest BCUT2D eigenvalue weighted by Gasteiger charge is -2.24. The van der Waals surface area contributed by atoms with Gasteiger partial charge >= 0.3 is 0 Å². The second-order valence-corrected chi connectivity index (χ2v) is 5.59. The van der Waals surface area contributed by atoms with Crippen LogP contribution in [0.25, 0.3) is 0 Å². The van der Waals surface area contributed by atoms with Crippen molar-refractivity contribution in [2.24, 2.45) is 5.92 Å². The first-order valence-corrected chi connectivity index (χ1v) is 7.28. The maximum Gasteiger partial charge on any atom is 0.121 e. The van der Waals surface area contributed by atoms with Crippen molar-refractivity contribution >= 4 is 23.2 Å². The van der Waals surface area contributed by atoms with E-state index in [1.54, 1.807) is 12.1 Å². The maximum absolute atomic E-state index is 6.09. The van der Waals surface area contributed by atoms with E-state index >= 15 is 0 Å². The van der Waals surface area contributed by atoms with Gasteiger partial charge < -0.3 is 10.1 Å². The topological polar surface area (TPSA) is 21.3 Å². The second-order valence-electron chi connectivity index (χ2n) is 4.77. The standard InChI is InChI=1S/C14H19Cl2NO/c1-2-3-14(10-6-7-17-9-10)18-11-4-5-12(15)13(16)8-11/h4-5,8,10,14,17H,2-3,6-7,9H2,1H3/t10-,14-/m0/s1. The number of hydrogen-bond acceptors (Lipinski definition) is 2. The summed E-state index contributed by atoms with van der Waals surface area (Å²) in [5.41, 5.74) is 0. The molecule has 0 amide bonds. The van der Waals surface area contributed by atoms with Gasteiger partial charge in [-0.1, -0.05) is 36.5 Å². The lowest BCUT2D eigenvalue weighted by atomic mass is 9.97. The fourth-order valence-electron chi connectivity index (χ4n) is 2.39. The molecule has 2 atom stereocenters. The first-order valence-electron chi connectivity index (χ1n) is 6.53. The zero-order valence-corrected chi connectivity index (χ0v) is 12.1. The zero-order chi connectivity index (χ0) is 13.0. The third kappa shape index (κ3) is 3.53. The number of nitrogens with one attached hydrogen (secondary N) is 1. The molecule has 1 heterocycles. The minimum Gasteiger partial charge on any atom is -0.490 e. The molecule has 100 valence electrons. The van der Waals surface area contributed by atoms with E-state index in [1.807, 2.05) is 6.07 Å². The number of benzene rings is 1. The van der Waals surface area contributed by atoms with Gasteiger partial charge in [0.05, 0.1) is 10.0 Å². The van der Waals surface area contributed by atoms with Crippen LogP contribution >= 0.6 is 23.2 Å². The molecule has 2 nitrogen and oxygen atoms in total. The van der Waals surface area contributed by atoms with Crippen LogP contribution < -0.4 is 10.1 Å². The van der Waals surface area contributed by atoms with E-state index in [-0.39, 0.29) is 6.10 Å². The van der Waals surface area contributed by atoms with Gasteiger partial charge in [0.15, 0.2) is 0 Å². The number of rotatable bonds is 5. The van der Waals surface area contributed by atoms with Gasteiger partial charge in [-0.2, -0.15) is 0 Å². The van der Waals surface area contributed by atoms with Gasteiger partial charge in [-0.15, -0.1) is 0 Å². The molecule has 1 aromatic rings. The number of halogens is 2. The van der Waals surface area contributed by atoms with Crippen molar-refractivity contribution in [2.75, 3.05) is 13.1 Å². The molecule has 1 aliphatic rings. The Kier molecular flexibility index (Phi) is 5.16. The van der Waals surface area contributed by atoms with Crippen molar-refractivity contribution < 1.29 is 4.74 Å². The molecule has 1 N–H and O–H groups in total. The van der Waals surface area contributed by atoms with Gasteiger partial charge in [0, 0.05) is 18.5 Å². The highest BCUT2D eigenvalue weighted by atomic mass is 35.5. The van der Waals surface area contributed by atoms with Gasteiger partial charge in [0.25, 0.3) is 0 Å². The van der Waals surface area contributed by atoms with Crippen LogP contribution in [0.2, 0.25) is 10.0 Å². The molecule has 0 unspecified atom stereocenters. The monoisotopic (exact) mass is 287 g/mol. The SMILES string of the molecule is CCC[C@H](Oc1ccc(Cl)c(Cl)c1)[C@H]1CCNC1. The molecule has 4 heteroatoms. The van der Waals surface area contributed by atoms with Crippen LogP contribution in [0.1, 0.15) is 26.2 Å². The molecular weight excluding hydrogens is 269 g/mol. The van der Waals surface area contributed by atoms with E-state index in [4.69, 9.17) is 27.9 Å². The van der Waals surface area contributed by atoms with Crippen LogP contribution in [0, 0.1) is 5.92 Å². The molecule has 0 radical (unpaired) electrons. The largest absolute Gasteiger partial charge is 0.490 e. The summed E-state index contributed by atoms with van der Waals surface area (Å²) in [6, 6.07) is 5.48. The third-order valence-corrected chi connectivity index (χ3v) is 4.11. The Balaban J connectivity index is 2.04. The maximum atomic E-state index is 6.09. The van der Waals surface area contributed by atoms with Crippen LogP contribution in [0.15, 0.2) is 18.2 Å². The predicted octanol–water partition coefficient (Wildman–Crippen LogP) is 4.15. The van der Waals surface area contributed by atoms with Crippen molar-refractivity contribution in [3.63, 3.8) is 0 Å². The molecule has 0 bridgehead atoms. The highest BCUT2D eigenvalue weighted by Crippen LogP contribution is 2.29. The number of ether oxygens (including phenoxy) is 1. The van der Waals surface area contributed by atoms with Gasteiger partial charge in [-0.3, -0.25) is 0 Å². The van der Waals surface area contributed by atoms with Crippen LogP contribution in [0.4, 0.5) is 0 Å². The lowest BCUT2D eigenvalue weighted by molar-refractivity contribution is 0.132. The summed E-state index contributed by atoms with van der Waals surface area (Å²) in [6.07, 6.45) is 3.66. The second kappa shape index (κ2) is 6.65. The van der Waals surface area contributed by atoms with Crippen molar-refractivity contribution in [3.8, 4) is 5.75 Å². The van der Waals surface area contributed by atoms with Crippen LogP contribution in [0.5, 0.6) is 5.75 Å².